The maximum absolute atomic E-state index is 13.2. The topological polar surface area (TPSA) is 32.3 Å². The maximum Gasteiger partial charge on any atom is 0.251 e. The Kier molecular flexibility index (Phi) is 5.74. The van der Waals surface area contributed by atoms with Crippen LogP contribution in [0.25, 0.3) is 0 Å². The van der Waals surface area contributed by atoms with Gasteiger partial charge in [0.1, 0.15) is 5.82 Å². The summed E-state index contributed by atoms with van der Waals surface area (Å²) in [5.74, 6) is 0.0325. The van der Waals surface area contributed by atoms with E-state index in [4.69, 9.17) is 0 Å². The summed E-state index contributed by atoms with van der Waals surface area (Å²) in [6, 6.07) is 6.22. The van der Waals surface area contributed by atoms with E-state index < -0.39 is 0 Å². The molecular weight excluding hydrogens is 267 g/mol. The second kappa shape index (κ2) is 7.55. The Morgan fingerprint density at radius 1 is 1.33 bits per heavy atom. The summed E-state index contributed by atoms with van der Waals surface area (Å²) in [6.45, 7) is 7.28. The fourth-order valence-electron chi connectivity index (χ4n) is 2.95. The highest BCUT2D eigenvalue weighted by atomic mass is 19.1. The number of halogens is 1. The molecule has 4 heteroatoms. The number of carbonyl (C=O) groups excluding carboxylic acids is 1. The van der Waals surface area contributed by atoms with Gasteiger partial charge in [-0.05, 0) is 56.5 Å². The van der Waals surface area contributed by atoms with Crippen LogP contribution in [0, 0.1) is 11.7 Å². The van der Waals surface area contributed by atoms with E-state index in [2.05, 4.69) is 24.1 Å². The molecule has 1 fully saturated rings. The molecule has 1 aliphatic heterocycles. The summed E-state index contributed by atoms with van der Waals surface area (Å²) >= 11 is 0. The van der Waals surface area contributed by atoms with Crippen LogP contribution in [-0.4, -0.2) is 36.5 Å². The van der Waals surface area contributed by atoms with Crippen LogP contribution in [0.5, 0.6) is 0 Å². The fourth-order valence-corrected chi connectivity index (χ4v) is 2.95. The lowest BCUT2D eigenvalue weighted by Crippen LogP contribution is -2.43. The van der Waals surface area contributed by atoms with Crippen molar-refractivity contribution < 1.29 is 9.18 Å². The number of nitrogens with one attached hydrogen (secondary N) is 1. The van der Waals surface area contributed by atoms with Crippen molar-refractivity contribution in [1.29, 1.82) is 0 Å². The standard InChI is InChI=1S/C17H25FN2O/c1-13(2)10-16(20-8-3-4-9-20)12-19-17(21)14-6-5-7-15(18)11-14/h5-7,11,13,16H,3-4,8-10,12H2,1-2H3,(H,19,21). The van der Waals surface area contributed by atoms with Gasteiger partial charge in [0.05, 0.1) is 0 Å². The third-order valence-electron chi connectivity index (χ3n) is 3.99. The summed E-state index contributed by atoms with van der Waals surface area (Å²) in [4.78, 5) is 14.6. The van der Waals surface area contributed by atoms with Gasteiger partial charge in [-0.2, -0.15) is 0 Å². The molecule has 0 bridgehead atoms. The van der Waals surface area contributed by atoms with E-state index in [0.29, 0.717) is 24.1 Å². The van der Waals surface area contributed by atoms with Gasteiger partial charge in [-0.25, -0.2) is 4.39 Å². The van der Waals surface area contributed by atoms with E-state index >= 15 is 0 Å². The molecule has 1 N–H and O–H groups in total. The van der Waals surface area contributed by atoms with E-state index in [1.807, 2.05) is 0 Å². The number of hydrogen-bond acceptors (Lipinski definition) is 2. The molecule has 1 amide bonds. The summed E-state index contributed by atoms with van der Waals surface area (Å²) in [5, 5.41) is 2.96. The molecule has 1 aromatic rings. The van der Waals surface area contributed by atoms with Gasteiger partial charge in [-0.1, -0.05) is 19.9 Å². The number of amides is 1. The minimum Gasteiger partial charge on any atom is -0.350 e. The van der Waals surface area contributed by atoms with Crippen LogP contribution >= 0.6 is 0 Å². The second-order valence-corrected chi connectivity index (χ2v) is 6.25. The lowest BCUT2D eigenvalue weighted by molar-refractivity contribution is 0.0932. The summed E-state index contributed by atoms with van der Waals surface area (Å²) in [6.07, 6.45) is 3.56. The highest BCUT2D eigenvalue weighted by molar-refractivity contribution is 5.94. The zero-order valence-electron chi connectivity index (χ0n) is 12.9. The minimum absolute atomic E-state index is 0.192. The summed E-state index contributed by atoms with van der Waals surface area (Å²) in [7, 11) is 0. The van der Waals surface area contributed by atoms with Crippen LogP contribution in [0.15, 0.2) is 24.3 Å². The number of benzene rings is 1. The molecule has 1 aromatic carbocycles. The van der Waals surface area contributed by atoms with Gasteiger partial charge in [0.2, 0.25) is 0 Å². The average molecular weight is 292 g/mol. The Hall–Kier alpha value is -1.42. The minimum atomic E-state index is -0.374. The number of likely N-dealkylation sites (tertiary alicyclic amines) is 1. The fraction of sp³-hybridized carbons (Fsp3) is 0.588. The first-order valence-electron chi connectivity index (χ1n) is 7.84. The summed E-state index contributed by atoms with van der Waals surface area (Å²) in [5.41, 5.74) is 0.389. The van der Waals surface area contributed by atoms with E-state index in [0.717, 1.165) is 19.5 Å². The Balaban J connectivity index is 1.92. The highest BCUT2D eigenvalue weighted by Gasteiger charge is 2.23. The average Bonchev–Trinajstić information content (AvgIpc) is 2.96. The molecule has 3 nitrogen and oxygen atoms in total. The lowest BCUT2D eigenvalue weighted by Gasteiger charge is -2.29. The number of hydrogen-bond donors (Lipinski definition) is 1. The molecule has 116 valence electrons. The third-order valence-corrected chi connectivity index (χ3v) is 3.99. The van der Waals surface area contributed by atoms with Gasteiger partial charge in [0.25, 0.3) is 5.91 Å². The molecule has 2 rings (SSSR count). The first-order valence-corrected chi connectivity index (χ1v) is 7.84. The van der Waals surface area contributed by atoms with Crippen LogP contribution in [0.2, 0.25) is 0 Å². The largest absolute Gasteiger partial charge is 0.350 e. The SMILES string of the molecule is CC(C)CC(CNC(=O)c1cccc(F)c1)N1CCCC1. The molecule has 0 aliphatic carbocycles. The number of carbonyl (C=O) groups is 1. The van der Waals surface area contributed by atoms with Crippen LogP contribution in [0.1, 0.15) is 43.5 Å². The van der Waals surface area contributed by atoms with Gasteiger partial charge >= 0.3 is 0 Å². The molecule has 0 spiro atoms. The molecule has 21 heavy (non-hydrogen) atoms. The van der Waals surface area contributed by atoms with Crippen molar-refractivity contribution in [3.63, 3.8) is 0 Å². The zero-order valence-corrected chi connectivity index (χ0v) is 12.9. The predicted molar refractivity (Wildman–Crippen MR) is 82.8 cm³/mol. The van der Waals surface area contributed by atoms with Crippen molar-refractivity contribution in [2.75, 3.05) is 19.6 Å². The smallest absolute Gasteiger partial charge is 0.251 e. The Labute approximate surface area is 126 Å². The van der Waals surface area contributed by atoms with E-state index in [9.17, 15) is 9.18 Å². The van der Waals surface area contributed by atoms with E-state index in [1.165, 1.54) is 25.0 Å². The molecule has 0 saturated carbocycles. The first-order chi connectivity index (χ1) is 10.1. The van der Waals surface area contributed by atoms with Gasteiger partial charge in [-0.15, -0.1) is 0 Å². The molecular formula is C17H25FN2O. The van der Waals surface area contributed by atoms with Crippen molar-refractivity contribution >= 4 is 5.91 Å². The maximum atomic E-state index is 13.2. The molecule has 1 unspecified atom stereocenters. The molecule has 1 saturated heterocycles. The van der Waals surface area contributed by atoms with Crippen molar-refractivity contribution in [3.8, 4) is 0 Å². The normalized spacial score (nSPS) is 17.1. The predicted octanol–water partition coefficient (Wildman–Crippen LogP) is 3.07. The highest BCUT2D eigenvalue weighted by Crippen LogP contribution is 2.17. The molecule has 0 radical (unpaired) electrons. The van der Waals surface area contributed by atoms with E-state index in [-0.39, 0.29) is 11.7 Å². The molecule has 1 heterocycles. The number of nitrogens with zero attached hydrogens (tertiary/aromatic N) is 1. The monoisotopic (exact) mass is 292 g/mol. The molecule has 0 aromatic heterocycles. The molecule has 1 atom stereocenters. The van der Waals surface area contributed by atoms with Crippen LogP contribution in [0.4, 0.5) is 4.39 Å². The quantitative estimate of drug-likeness (QED) is 0.874. The van der Waals surface area contributed by atoms with Gasteiger partial charge < -0.3 is 5.32 Å². The molecule has 1 aliphatic rings. The lowest BCUT2D eigenvalue weighted by atomic mass is 10.0. The summed E-state index contributed by atoms with van der Waals surface area (Å²) < 4.78 is 13.2. The van der Waals surface area contributed by atoms with Crippen molar-refractivity contribution in [2.24, 2.45) is 5.92 Å². The van der Waals surface area contributed by atoms with Crippen molar-refractivity contribution in [1.82, 2.24) is 10.2 Å². The van der Waals surface area contributed by atoms with Crippen molar-refractivity contribution in [3.05, 3.63) is 35.6 Å². The van der Waals surface area contributed by atoms with Gasteiger partial charge in [0.15, 0.2) is 0 Å². The van der Waals surface area contributed by atoms with Gasteiger partial charge in [-0.3, -0.25) is 9.69 Å². The Morgan fingerprint density at radius 3 is 2.67 bits per heavy atom. The van der Waals surface area contributed by atoms with Crippen LogP contribution in [-0.2, 0) is 0 Å². The Morgan fingerprint density at radius 2 is 2.05 bits per heavy atom. The third kappa shape index (κ3) is 4.81. The van der Waals surface area contributed by atoms with Crippen LogP contribution < -0.4 is 5.32 Å². The van der Waals surface area contributed by atoms with Crippen molar-refractivity contribution in [2.45, 2.75) is 39.2 Å². The zero-order chi connectivity index (χ0) is 15.2. The first kappa shape index (κ1) is 16.0. The van der Waals surface area contributed by atoms with Gasteiger partial charge in [0, 0.05) is 18.2 Å². The second-order valence-electron chi connectivity index (χ2n) is 6.25. The van der Waals surface area contributed by atoms with Crippen LogP contribution in [0.3, 0.4) is 0 Å². The number of rotatable bonds is 6. The van der Waals surface area contributed by atoms with E-state index in [1.54, 1.807) is 12.1 Å². The Bertz CT molecular complexity index is 470.